The molecule has 1 N–H and O–H groups in total. The predicted octanol–water partition coefficient (Wildman–Crippen LogP) is 3.46. The molecule has 0 unspecified atom stereocenters. The summed E-state index contributed by atoms with van der Waals surface area (Å²) in [5.74, 6) is -0.0672. The summed E-state index contributed by atoms with van der Waals surface area (Å²) in [7, 11) is 0. The van der Waals surface area contributed by atoms with Gasteiger partial charge in [0.25, 0.3) is 5.91 Å². The second-order valence-electron chi connectivity index (χ2n) is 5.26. The van der Waals surface area contributed by atoms with E-state index in [-0.39, 0.29) is 5.91 Å². The Balaban J connectivity index is 1.80. The van der Waals surface area contributed by atoms with Gasteiger partial charge in [-0.05, 0) is 43.2 Å². The van der Waals surface area contributed by atoms with Gasteiger partial charge in [-0.15, -0.1) is 0 Å². The zero-order chi connectivity index (χ0) is 16.2. The molecule has 1 aliphatic rings. The molecule has 2 aromatic carbocycles. The fourth-order valence-corrected chi connectivity index (χ4v) is 2.72. The molecule has 5 nitrogen and oxygen atoms in total. The van der Waals surface area contributed by atoms with Crippen LogP contribution in [0.15, 0.2) is 48.5 Å². The Hall–Kier alpha value is -2.82. The van der Waals surface area contributed by atoms with Crippen molar-refractivity contribution >= 4 is 23.4 Å². The number of nitrogens with zero attached hydrogens (tertiary/aromatic N) is 1. The number of carbonyl (C=O) groups excluding carboxylic acids is 2. The van der Waals surface area contributed by atoms with Gasteiger partial charge in [0.15, 0.2) is 0 Å². The third-order valence-electron chi connectivity index (χ3n) is 3.76. The van der Waals surface area contributed by atoms with Crippen molar-refractivity contribution in [1.82, 2.24) is 0 Å². The second-order valence-corrected chi connectivity index (χ2v) is 5.26. The molecule has 3 rings (SSSR count). The molecule has 0 spiro atoms. The van der Waals surface area contributed by atoms with E-state index in [0.717, 1.165) is 12.1 Å². The van der Waals surface area contributed by atoms with Gasteiger partial charge in [0.2, 0.25) is 0 Å². The molecule has 118 valence electrons. The van der Waals surface area contributed by atoms with Crippen molar-refractivity contribution in [3.8, 4) is 0 Å². The molecule has 1 aliphatic heterocycles. The van der Waals surface area contributed by atoms with Gasteiger partial charge < -0.3 is 9.64 Å². The average molecular weight is 310 g/mol. The molecular weight excluding hydrogens is 292 g/mol. The predicted molar refractivity (Wildman–Crippen MR) is 88.9 cm³/mol. The lowest BCUT2D eigenvalue weighted by molar-refractivity contribution is 0.0989. The van der Waals surface area contributed by atoms with Crippen LogP contribution in [-0.2, 0) is 11.2 Å². The quantitative estimate of drug-likeness (QED) is 0.944. The van der Waals surface area contributed by atoms with Crippen LogP contribution in [0, 0.1) is 0 Å². The number of amides is 2. The third kappa shape index (κ3) is 3.18. The smallest absolute Gasteiger partial charge is 0.411 e. The standard InChI is InChI=1S/C18H18N2O3/c1-2-23-18(22)19-15-8-5-7-14(12-15)17(21)20-11-10-13-6-3-4-9-16(13)20/h3-9,12H,2,10-11H2,1H3,(H,19,22). The van der Waals surface area contributed by atoms with Gasteiger partial charge in [0.05, 0.1) is 6.61 Å². The molecule has 0 fully saturated rings. The highest BCUT2D eigenvalue weighted by Crippen LogP contribution is 2.29. The van der Waals surface area contributed by atoms with Crippen LogP contribution in [0.5, 0.6) is 0 Å². The summed E-state index contributed by atoms with van der Waals surface area (Å²) in [6.07, 6.45) is 0.339. The second kappa shape index (κ2) is 6.52. The van der Waals surface area contributed by atoms with Crippen LogP contribution in [0.25, 0.3) is 0 Å². The molecular formula is C18H18N2O3. The molecule has 0 saturated carbocycles. The highest BCUT2D eigenvalue weighted by Gasteiger charge is 2.25. The minimum absolute atomic E-state index is 0.0672. The number of nitrogens with one attached hydrogen (secondary N) is 1. The number of fused-ring (bicyclic) bond motifs is 1. The molecule has 0 aliphatic carbocycles. The highest BCUT2D eigenvalue weighted by atomic mass is 16.5. The van der Waals surface area contributed by atoms with Gasteiger partial charge in [0, 0.05) is 23.5 Å². The Kier molecular flexibility index (Phi) is 4.28. The largest absolute Gasteiger partial charge is 0.450 e. The Morgan fingerprint density at radius 3 is 2.83 bits per heavy atom. The van der Waals surface area contributed by atoms with E-state index in [0.29, 0.717) is 24.4 Å². The van der Waals surface area contributed by atoms with E-state index in [1.165, 1.54) is 5.56 Å². The number of benzene rings is 2. The first kappa shape index (κ1) is 15.1. The zero-order valence-corrected chi connectivity index (χ0v) is 12.9. The van der Waals surface area contributed by atoms with Crippen LogP contribution < -0.4 is 10.2 Å². The molecule has 0 saturated heterocycles. The van der Waals surface area contributed by atoms with Crippen LogP contribution in [0.2, 0.25) is 0 Å². The van der Waals surface area contributed by atoms with Crippen LogP contribution in [0.3, 0.4) is 0 Å². The third-order valence-corrected chi connectivity index (χ3v) is 3.76. The lowest BCUT2D eigenvalue weighted by Gasteiger charge is -2.17. The van der Waals surface area contributed by atoms with Gasteiger partial charge in [0.1, 0.15) is 0 Å². The number of para-hydroxylation sites is 1. The Bertz CT molecular complexity index is 743. The van der Waals surface area contributed by atoms with Gasteiger partial charge in [-0.3, -0.25) is 10.1 Å². The van der Waals surface area contributed by atoms with Gasteiger partial charge in [-0.25, -0.2) is 4.79 Å². The number of anilines is 2. The summed E-state index contributed by atoms with van der Waals surface area (Å²) in [6, 6.07) is 14.8. The number of ether oxygens (including phenoxy) is 1. The first-order valence-corrected chi connectivity index (χ1v) is 7.62. The van der Waals surface area contributed by atoms with Gasteiger partial charge in [-0.2, -0.15) is 0 Å². The Labute approximate surface area is 134 Å². The molecule has 2 amide bonds. The molecule has 0 radical (unpaired) electrons. The van der Waals surface area contributed by atoms with E-state index >= 15 is 0 Å². The van der Waals surface area contributed by atoms with Crippen molar-refractivity contribution < 1.29 is 14.3 Å². The first-order chi connectivity index (χ1) is 11.2. The van der Waals surface area contributed by atoms with Crippen molar-refractivity contribution in [2.75, 3.05) is 23.4 Å². The summed E-state index contributed by atoms with van der Waals surface area (Å²) < 4.78 is 4.85. The Morgan fingerprint density at radius 1 is 1.17 bits per heavy atom. The summed E-state index contributed by atoms with van der Waals surface area (Å²) in [5, 5.41) is 2.62. The van der Waals surface area contributed by atoms with Gasteiger partial charge in [-0.1, -0.05) is 24.3 Å². The fourth-order valence-electron chi connectivity index (χ4n) is 2.72. The van der Waals surface area contributed by atoms with E-state index in [4.69, 9.17) is 4.74 Å². The molecule has 0 atom stereocenters. The van der Waals surface area contributed by atoms with E-state index in [1.54, 1.807) is 36.1 Å². The minimum atomic E-state index is -0.524. The fraction of sp³-hybridized carbons (Fsp3) is 0.222. The summed E-state index contributed by atoms with van der Waals surface area (Å²) in [5.41, 5.74) is 3.22. The van der Waals surface area contributed by atoms with E-state index in [2.05, 4.69) is 5.32 Å². The number of hydrogen-bond acceptors (Lipinski definition) is 3. The molecule has 1 heterocycles. The van der Waals surface area contributed by atoms with Crippen molar-refractivity contribution in [3.05, 3.63) is 59.7 Å². The average Bonchev–Trinajstić information content (AvgIpc) is 2.98. The molecule has 2 aromatic rings. The van der Waals surface area contributed by atoms with Crippen molar-refractivity contribution in [2.45, 2.75) is 13.3 Å². The van der Waals surface area contributed by atoms with Crippen LogP contribution in [0.4, 0.5) is 16.2 Å². The van der Waals surface area contributed by atoms with E-state index in [1.807, 2.05) is 24.3 Å². The maximum Gasteiger partial charge on any atom is 0.411 e. The minimum Gasteiger partial charge on any atom is -0.450 e. The SMILES string of the molecule is CCOC(=O)Nc1cccc(C(=O)N2CCc3ccccc32)c1. The summed E-state index contributed by atoms with van der Waals surface area (Å²) >= 11 is 0. The maximum atomic E-state index is 12.8. The molecule has 0 bridgehead atoms. The monoisotopic (exact) mass is 310 g/mol. The van der Waals surface area contributed by atoms with Crippen molar-refractivity contribution in [2.24, 2.45) is 0 Å². The normalized spacial score (nSPS) is 12.7. The van der Waals surface area contributed by atoms with E-state index in [9.17, 15) is 9.59 Å². The molecule has 0 aromatic heterocycles. The number of carbonyl (C=O) groups is 2. The Morgan fingerprint density at radius 2 is 2.00 bits per heavy atom. The summed E-state index contributed by atoms with van der Waals surface area (Å²) in [6.45, 7) is 2.72. The lowest BCUT2D eigenvalue weighted by atomic mass is 10.1. The zero-order valence-electron chi connectivity index (χ0n) is 12.9. The van der Waals surface area contributed by atoms with Crippen molar-refractivity contribution in [1.29, 1.82) is 0 Å². The molecule has 23 heavy (non-hydrogen) atoms. The van der Waals surface area contributed by atoms with Crippen LogP contribution in [-0.4, -0.2) is 25.2 Å². The summed E-state index contributed by atoms with van der Waals surface area (Å²) in [4.78, 5) is 26.0. The van der Waals surface area contributed by atoms with E-state index < -0.39 is 6.09 Å². The number of rotatable bonds is 3. The first-order valence-electron chi connectivity index (χ1n) is 7.62. The topological polar surface area (TPSA) is 58.6 Å². The van der Waals surface area contributed by atoms with Crippen LogP contribution in [0.1, 0.15) is 22.8 Å². The number of hydrogen-bond donors (Lipinski definition) is 1. The van der Waals surface area contributed by atoms with Crippen molar-refractivity contribution in [3.63, 3.8) is 0 Å². The lowest BCUT2D eigenvalue weighted by Crippen LogP contribution is -2.28. The van der Waals surface area contributed by atoms with Crippen LogP contribution >= 0.6 is 0 Å². The highest BCUT2D eigenvalue weighted by molar-refractivity contribution is 6.08. The van der Waals surface area contributed by atoms with Gasteiger partial charge >= 0.3 is 6.09 Å². The molecule has 5 heteroatoms. The maximum absolute atomic E-state index is 12.8.